The van der Waals surface area contributed by atoms with Gasteiger partial charge in [0.25, 0.3) is 0 Å². The number of hydrogen-bond donors (Lipinski definition) is 1. The maximum Gasteiger partial charge on any atom is 0.239 e. The van der Waals surface area contributed by atoms with Crippen LogP contribution < -0.4 is 5.32 Å². The monoisotopic (exact) mass is 301 g/mol. The van der Waals surface area contributed by atoms with Crippen molar-refractivity contribution in [1.29, 1.82) is 0 Å². The van der Waals surface area contributed by atoms with Gasteiger partial charge in [-0.15, -0.1) is 0 Å². The van der Waals surface area contributed by atoms with E-state index in [1.807, 2.05) is 0 Å². The van der Waals surface area contributed by atoms with Gasteiger partial charge in [0, 0.05) is 32.2 Å². The van der Waals surface area contributed by atoms with Crippen molar-refractivity contribution in [3.63, 3.8) is 0 Å². The SMILES string of the molecule is CC1CCN(C(=O)C2CCCN2)CCN1Cc1ccccc1. The molecule has 0 spiro atoms. The third-order valence-electron chi connectivity index (χ3n) is 5.00. The maximum absolute atomic E-state index is 12.6. The summed E-state index contributed by atoms with van der Waals surface area (Å²) in [5.41, 5.74) is 1.35. The quantitative estimate of drug-likeness (QED) is 0.926. The Balaban J connectivity index is 1.59. The molecule has 2 fully saturated rings. The van der Waals surface area contributed by atoms with Crippen molar-refractivity contribution in [3.8, 4) is 0 Å². The van der Waals surface area contributed by atoms with E-state index < -0.39 is 0 Å². The van der Waals surface area contributed by atoms with Crippen LogP contribution in [0.3, 0.4) is 0 Å². The lowest BCUT2D eigenvalue weighted by molar-refractivity contribution is -0.132. The Labute approximate surface area is 133 Å². The van der Waals surface area contributed by atoms with Crippen LogP contribution in [-0.4, -0.2) is 54.0 Å². The molecule has 2 aliphatic rings. The molecule has 3 rings (SSSR count). The van der Waals surface area contributed by atoms with Crippen LogP contribution in [-0.2, 0) is 11.3 Å². The van der Waals surface area contributed by atoms with Crippen molar-refractivity contribution in [2.75, 3.05) is 26.2 Å². The van der Waals surface area contributed by atoms with Gasteiger partial charge in [0.2, 0.25) is 5.91 Å². The molecule has 4 nitrogen and oxygen atoms in total. The maximum atomic E-state index is 12.6. The molecule has 4 heteroatoms. The van der Waals surface area contributed by atoms with Crippen LogP contribution in [0.25, 0.3) is 0 Å². The highest BCUT2D eigenvalue weighted by Crippen LogP contribution is 2.17. The fraction of sp³-hybridized carbons (Fsp3) is 0.611. The van der Waals surface area contributed by atoms with Crippen molar-refractivity contribution in [2.45, 2.75) is 44.8 Å². The Morgan fingerprint density at radius 3 is 2.73 bits per heavy atom. The summed E-state index contributed by atoms with van der Waals surface area (Å²) < 4.78 is 0. The molecule has 2 heterocycles. The molecule has 0 aromatic heterocycles. The fourth-order valence-electron chi connectivity index (χ4n) is 3.50. The average molecular weight is 301 g/mol. The zero-order chi connectivity index (χ0) is 15.4. The standard InChI is InChI=1S/C18H27N3O/c1-15-9-11-20(18(22)17-8-5-10-19-17)12-13-21(15)14-16-6-3-2-4-7-16/h2-4,6-7,15,17,19H,5,8-14H2,1H3. The second-order valence-electron chi connectivity index (χ2n) is 6.57. The highest BCUT2D eigenvalue weighted by molar-refractivity contribution is 5.82. The summed E-state index contributed by atoms with van der Waals surface area (Å²) in [6.07, 6.45) is 3.19. The van der Waals surface area contributed by atoms with Gasteiger partial charge in [-0.2, -0.15) is 0 Å². The number of carbonyl (C=O) groups excluding carboxylic acids is 1. The summed E-state index contributed by atoms with van der Waals surface area (Å²) in [6.45, 7) is 6.96. The number of nitrogens with one attached hydrogen (secondary N) is 1. The van der Waals surface area contributed by atoms with Gasteiger partial charge in [-0.3, -0.25) is 9.69 Å². The first-order valence-corrected chi connectivity index (χ1v) is 8.54. The number of rotatable bonds is 3. The lowest BCUT2D eigenvalue weighted by atomic mass is 10.1. The Bertz CT molecular complexity index is 484. The van der Waals surface area contributed by atoms with E-state index in [9.17, 15) is 4.79 Å². The van der Waals surface area contributed by atoms with Gasteiger partial charge in [0.05, 0.1) is 6.04 Å². The number of amides is 1. The molecule has 2 atom stereocenters. The molecule has 1 aromatic carbocycles. The third kappa shape index (κ3) is 3.68. The van der Waals surface area contributed by atoms with Crippen LogP contribution in [0.5, 0.6) is 0 Å². The van der Waals surface area contributed by atoms with Crippen molar-refractivity contribution >= 4 is 5.91 Å². The van der Waals surface area contributed by atoms with Crippen molar-refractivity contribution in [1.82, 2.24) is 15.1 Å². The molecule has 1 N–H and O–H groups in total. The minimum Gasteiger partial charge on any atom is -0.340 e. The Morgan fingerprint density at radius 1 is 1.18 bits per heavy atom. The molecular weight excluding hydrogens is 274 g/mol. The molecule has 2 unspecified atom stereocenters. The summed E-state index contributed by atoms with van der Waals surface area (Å²) in [7, 11) is 0. The second-order valence-corrected chi connectivity index (χ2v) is 6.57. The first kappa shape index (κ1) is 15.5. The van der Waals surface area contributed by atoms with Crippen LogP contribution in [0.2, 0.25) is 0 Å². The number of benzene rings is 1. The van der Waals surface area contributed by atoms with Crippen LogP contribution in [0.4, 0.5) is 0 Å². The van der Waals surface area contributed by atoms with Crippen LogP contribution in [0.15, 0.2) is 30.3 Å². The van der Waals surface area contributed by atoms with Gasteiger partial charge >= 0.3 is 0 Å². The summed E-state index contributed by atoms with van der Waals surface area (Å²) in [4.78, 5) is 17.1. The minimum atomic E-state index is 0.0657. The molecule has 1 aromatic rings. The van der Waals surface area contributed by atoms with E-state index in [2.05, 4.69) is 52.4 Å². The highest BCUT2D eigenvalue weighted by Gasteiger charge is 2.29. The minimum absolute atomic E-state index is 0.0657. The van der Waals surface area contributed by atoms with Crippen molar-refractivity contribution in [2.24, 2.45) is 0 Å². The normalized spacial score (nSPS) is 26.9. The summed E-state index contributed by atoms with van der Waals surface area (Å²) in [5.74, 6) is 0.311. The number of hydrogen-bond acceptors (Lipinski definition) is 3. The Kier molecular flexibility index (Phi) is 5.11. The Hall–Kier alpha value is -1.39. The van der Waals surface area contributed by atoms with Crippen molar-refractivity contribution in [3.05, 3.63) is 35.9 Å². The largest absolute Gasteiger partial charge is 0.340 e. The molecule has 0 aliphatic carbocycles. The first-order valence-electron chi connectivity index (χ1n) is 8.54. The number of carbonyl (C=O) groups is 1. The molecule has 2 aliphatic heterocycles. The molecule has 22 heavy (non-hydrogen) atoms. The molecule has 120 valence electrons. The Morgan fingerprint density at radius 2 is 2.00 bits per heavy atom. The molecular formula is C18H27N3O. The fourth-order valence-corrected chi connectivity index (χ4v) is 3.50. The summed E-state index contributed by atoms with van der Waals surface area (Å²) >= 11 is 0. The first-order chi connectivity index (χ1) is 10.7. The van der Waals surface area contributed by atoms with Crippen LogP contribution in [0.1, 0.15) is 31.7 Å². The molecule has 0 bridgehead atoms. The van der Waals surface area contributed by atoms with E-state index in [4.69, 9.17) is 0 Å². The van der Waals surface area contributed by atoms with E-state index >= 15 is 0 Å². The molecule has 2 saturated heterocycles. The van der Waals surface area contributed by atoms with Gasteiger partial charge in [0.1, 0.15) is 0 Å². The van der Waals surface area contributed by atoms with E-state index in [0.29, 0.717) is 11.9 Å². The average Bonchev–Trinajstić information content (AvgIpc) is 3.02. The van der Waals surface area contributed by atoms with Gasteiger partial charge in [0.15, 0.2) is 0 Å². The smallest absolute Gasteiger partial charge is 0.239 e. The zero-order valence-electron chi connectivity index (χ0n) is 13.5. The lowest BCUT2D eigenvalue weighted by Gasteiger charge is -2.26. The van der Waals surface area contributed by atoms with Gasteiger partial charge in [-0.05, 0) is 38.3 Å². The van der Waals surface area contributed by atoms with Gasteiger partial charge in [-0.1, -0.05) is 30.3 Å². The topological polar surface area (TPSA) is 35.6 Å². The lowest BCUT2D eigenvalue weighted by Crippen LogP contribution is -2.45. The van der Waals surface area contributed by atoms with Gasteiger partial charge < -0.3 is 10.2 Å². The van der Waals surface area contributed by atoms with E-state index in [-0.39, 0.29) is 6.04 Å². The second kappa shape index (κ2) is 7.25. The third-order valence-corrected chi connectivity index (χ3v) is 5.00. The van der Waals surface area contributed by atoms with Crippen molar-refractivity contribution < 1.29 is 4.79 Å². The summed E-state index contributed by atoms with van der Waals surface area (Å²) in [5, 5.41) is 3.33. The van der Waals surface area contributed by atoms with Crippen LogP contribution in [0, 0.1) is 0 Å². The summed E-state index contributed by atoms with van der Waals surface area (Å²) in [6, 6.07) is 11.2. The number of nitrogens with zero attached hydrogens (tertiary/aromatic N) is 2. The predicted molar refractivity (Wildman–Crippen MR) is 88.5 cm³/mol. The van der Waals surface area contributed by atoms with Gasteiger partial charge in [-0.25, -0.2) is 0 Å². The molecule has 1 amide bonds. The zero-order valence-corrected chi connectivity index (χ0v) is 13.5. The molecule has 0 radical (unpaired) electrons. The van der Waals surface area contributed by atoms with E-state index in [1.165, 1.54) is 5.56 Å². The van der Waals surface area contributed by atoms with Crippen LogP contribution >= 0.6 is 0 Å². The predicted octanol–water partition coefficient (Wildman–Crippen LogP) is 1.86. The van der Waals surface area contributed by atoms with E-state index in [1.54, 1.807) is 0 Å². The highest BCUT2D eigenvalue weighted by atomic mass is 16.2. The molecule has 0 saturated carbocycles. The van der Waals surface area contributed by atoms with E-state index in [0.717, 1.165) is 52.0 Å².